The molecule has 1 N–H and O–H groups in total. The van der Waals surface area contributed by atoms with Gasteiger partial charge in [0.2, 0.25) is 0 Å². The van der Waals surface area contributed by atoms with Gasteiger partial charge in [0.25, 0.3) is 0 Å². The number of benzene rings is 4. The lowest BCUT2D eigenvalue weighted by Gasteiger charge is -2.44. The standard InChI is InChI=1S/C32H42N2P2Si2/c1-34(38(5,6)7)36(31-24-16-10-17-25-31,32-26-18-11-19-27-32)28-35(33-37(2,3)4,29-20-12-8-13-21-29)30-22-14-9-15-23-30/h8-27,33H,1-7H3. The third-order valence-corrected chi connectivity index (χ3v) is 22.9. The van der Waals surface area contributed by atoms with Crippen molar-refractivity contribution in [2.75, 3.05) is 7.05 Å². The highest BCUT2D eigenvalue weighted by Crippen LogP contribution is 2.54. The van der Waals surface area contributed by atoms with Crippen LogP contribution in [0.25, 0.3) is 0 Å². The molecule has 0 saturated carbocycles. The third-order valence-electron chi connectivity index (χ3n) is 6.77. The molecule has 6 heteroatoms. The summed E-state index contributed by atoms with van der Waals surface area (Å²) in [6.07, 6.45) is 0. The number of nitrogens with zero attached hydrogens (tertiary/aromatic N) is 1. The number of hydrogen-bond donors (Lipinski definition) is 1. The molecule has 38 heavy (non-hydrogen) atoms. The Labute approximate surface area is 233 Å². The first-order valence-electron chi connectivity index (χ1n) is 13.3. The Balaban J connectivity index is 2.45. The van der Waals surface area contributed by atoms with Crippen LogP contribution in [0.5, 0.6) is 0 Å². The molecule has 4 aromatic rings. The first-order chi connectivity index (χ1) is 18.0. The predicted molar refractivity (Wildman–Crippen MR) is 181 cm³/mol. The molecular weight excluding hydrogens is 530 g/mol. The molecule has 0 heterocycles. The van der Waals surface area contributed by atoms with E-state index >= 15 is 0 Å². The molecule has 0 saturated heterocycles. The van der Waals surface area contributed by atoms with Gasteiger partial charge in [0, 0.05) is 14.1 Å². The van der Waals surface area contributed by atoms with Gasteiger partial charge in [0.1, 0.15) is 16.5 Å². The highest BCUT2D eigenvalue weighted by atomic mass is 31.2. The minimum Gasteiger partial charge on any atom is -0.305 e. The molecule has 0 bridgehead atoms. The predicted octanol–water partition coefficient (Wildman–Crippen LogP) is 6.98. The number of hydrogen-bond acceptors (Lipinski definition) is 2. The van der Waals surface area contributed by atoms with Crippen LogP contribution in [0.15, 0.2) is 121 Å². The maximum absolute atomic E-state index is 4.62. The van der Waals surface area contributed by atoms with Crippen LogP contribution >= 0.6 is 14.1 Å². The van der Waals surface area contributed by atoms with Gasteiger partial charge in [-0.15, -0.1) is 0 Å². The molecule has 4 rings (SSSR count). The van der Waals surface area contributed by atoms with Crippen LogP contribution < -0.4 is 26.0 Å². The zero-order valence-corrected chi connectivity index (χ0v) is 27.7. The summed E-state index contributed by atoms with van der Waals surface area (Å²) >= 11 is 0. The summed E-state index contributed by atoms with van der Waals surface area (Å²) in [5.74, 6) is 0. The van der Waals surface area contributed by atoms with Crippen molar-refractivity contribution >= 4 is 56.9 Å². The largest absolute Gasteiger partial charge is 0.305 e. The summed E-state index contributed by atoms with van der Waals surface area (Å²) in [6, 6.07) is 44.7. The van der Waals surface area contributed by atoms with E-state index in [1.54, 1.807) is 0 Å². The quantitative estimate of drug-likeness (QED) is 0.181. The van der Waals surface area contributed by atoms with E-state index in [-0.39, 0.29) is 0 Å². The van der Waals surface area contributed by atoms with Crippen LogP contribution in [-0.2, 0) is 0 Å². The Morgan fingerprint density at radius 1 is 0.526 bits per heavy atom. The maximum atomic E-state index is 4.62. The van der Waals surface area contributed by atoms with E-state index in [4.69, 9.17) is 0 Å². The van der Waals surface area contributed by atoms with Crippen LogP contribution in [0.3, 0.4) is 0 Å². The van der Waals surface area contributed by atoms with Crippen LogP contribution in [0.1, 0.15) is 0 Å². The molecule has 0 amide bonds. The zero-order valence-electron chi connectivity index (χ0n) is 23.9. The Morgan fingerprint density at radius 3 is 1.13 bits per heavy atom. The molecule has 0 radical (unpaired) electrons. The lowest BCUT2D eigenvalue weighted by Crippen LogP contribution is -2.47. The second-order valence-electron chi connectivity index (χ2n) is 11.8. The fraction of sp³-hybridized carbons (Fsp3) is 0.219. The average Bonchev–Trinajstić information content (AvgIpc) is 2.91. The summed E-state index contributed by atoms with van der Waals surface area (Å²) in [5.41, 5.74) is 0. The molecule has 2 nitrogen and oxygen atoms in total. The lowest BCUT2D eigenvalue weighted by molar-refractivity contribution is 0.827. The van der Waals surface area contributed by atoms with Gasteiger partial charge in [0.15, 0.2) is 0 Å². The summed E-state index contributed by atoms with van der Waals surface area (Å²) in [7, 11) is -5.83. The van der Waals surface area contributed by atoms with E-state index in [9.17, 15) is 0 Å². The molecule has 4 aromatic carbocycles. The van der Waals surface area contributed by atoms with E-state index in [2.05, 4.69) is 182 Å². The van der Waals surface area contributed by atoms with Crippen molar-refractivity contribution in [2.45, 2.75) is 39.3 Å². The lowest BCUT2D eigenvalue weighted by atomic mass is 10.4. The smallest absolute Gasteiger partial charge is 0.124 e. The molecule has 0 spiro atoms. The molecule has 0 fully saturated rings. The fourth-order valence-corrected chi connectivity index (χ4v) is 23.1. The van der Waals surface area contributed by atoms with E-state index in [0.29, 0.717) is 0 Å². The first kappa shape index (κ1) is 28.9. The van der Waals surface area contributed by atoms with Gasteiger partial charge in [0.05, 0.1) is 0 Å². The van der Waals surface area contributed by atoms with Crippen molar-refractivity contribution in [3.05, 3.63) is 121 Å². The van der Waals surface area contributed by atoms with Gasteiger partial charge < -0.3 is 4.75 Å². The Morgan fingerprint density at radius 2 is 0.842 bits per heavy atom. The first-order valence-corrected chi connectivity index (χ1v) is 23.8. The van der Waals surface area contributed by atoms with Crippen molar-refractivity contribution in [1.82, 2.24) is 9.09 Å². The zero-order chi connectivity index (χ0) is 27.4. The summed E-state index contributed by atoms with van der Waals surface area (Å²) in [5, 5.41) is 10.0. The van der Waals surface area contributed by atoms with Crippen molar-refractivity contribution in [3.63, 3.8) is 0 Å². The normalized spacial score (nSPS) is 12.8. The molecule has 0 aromatic heterocycles. The van der Waals surface area contributed by atoms with E-state index < -0.39 is 30.5 Å². The molecule has 0 unspecified atom stereocenters. The van der Waals surface area contributed by atoms with Crippen molar-refractivity contribution in [2.24, 2.45) is 0 Å². The van der Waals surface area contributed by atoms with Crippen LogP contribution in [0.4, 0.5) is 0 Å². The minimum atomic E-state index is -2.31. The Bertz CT molecular complexity index is 1370. The minimum absolute atomic E-state index is 1.34. The van der Waals surface area contributed by atoms with Crippen LogP contribution in [0.2, 0.25) is 39.3 Å². The van der Waals surface area contributed by atoms with Gasteiger partial charge in [-0.25, -0.2) is 0 Å². The monoisotopic (exact) mass is 572 g/mol. The molecular formula is C32H42N2P2Si2. The maximum Gasteiger partial charge on any atom is 0.124 e. The Hall–Kier alpha value is -2.13. The number of rotatable bonds is 8. The molecule has 0 aliphatic heterocycles. The average molecular weight is 573 g/mol. The van der Waals surface area contributed by atoms with Gasteiger partial charge in [-0.05, 0) is 28.3 Å². The highest BCUT2D eigenvalue weighted by molar-refractivity contribution is 8.00. The van der Waals surface area contributed by atoms with Gasteiger partial charge >= 0.3 is 0 Å². The fourth-order valence-electron chi connectivity index (χ4n) is 4.86. The third kappa shape index (κ3) is 6.04. The SMILES string of the molecule is CN([Si](C)(C)C)P(=C=P(N[Si](C)(C)C)(c1ccccc1)c1ccccc1)(c1ccccc1)c1ccccc1. The summed E-state index contributed by atoms with van der Waals surface area (Å²) in [6.45, 7) is 14.7. The van der Waals surface area contributed by atoms with Gasteiger partial charge in [-0.3, -0.25) is 4.34 Å². The number of nitrogens with one attached hydrogen (secondary N) is 1. The topological polar surface area (TPSA) is 15.3 Å². The Kier molecular flexibility index (Phi) is 8.77. The van der Waals surface area contributed by atoms with E-state index in [0.717, 1.165) is 0 Å². The van der Waals surface area contributed by atoms with Crippen LogP contribution in [-0.4, -0.2) is 33.0 Å². The van der Waals surface area contributed by atoms with Gasteiger partial charge in [-0.2, -0.15) is 0 Å². The van der Waals surface area contributed by atoms with Crippen LogP contribution in [0, 0.1) is 0 Å². The van der Waals surface area contributed by atoms with Crippen molar-refractivity contribution in [1.29, 1.82) is 0 Å². The second-order valence-corrected chi connectivity index (χ2v) is 28.7. The van der Waals surface area contributed by atoms with E-state index in [1.807, 2.05) is 0 Å². The van der Waals surface area contributed by atoms with Gasteiger partial charge in [-0.1, -0.05) is 166 Å². The molecule has 0 aliphatic carbocycles. The molecule has 198 valence electrons. The van der Waals surface area contributed by atoms with Crippen molar-refractivity contribution < 1.29 is 0 Å². The second kappa shape index (κ2) is 11.5. The summed E-state index contributed by atoms with van der Waals surface area (Å²) in [4.78, 5) is 0. The summed E-state index contributed by atoms with van der Waals surface area (Å²) < 4.78 is 7.12. The highest BCUT2D eigenvalue weighted by Gasteiger charge is 2.38. The van der Waals surface area contributed by atoms with Crippen molar-refractivity contribution in [3.8, 4) is 0 Å². The van der Waals surface area contributed by atoms with E-state index in [1.165, 1.54) is 21.2 Å². The molecule has 0 atom stereocenters. The molecule has 0 aliphatic rings.